The average molecular weight is 287 g/mol. The summed E-state index contributed by atoms with van der Waals surface area (Å²) in [6.45, 7) is 4.27. The lowest BCUT2D eigenvalue weighted by Gasteiger charge is -2.31. The van der Waals surface area contributed by atoms with Crippen LogP contribution in [-0.2, 0) is 24.0 Å². The number of aryl methyl sites for hydroxylation is 2. The predicted octanol–water partition coefficient (Wildman–Crippen LogP) is 3.66. The molecule has 116 valence electrons. The van der Waals surface area contributed by atoms with Crippen molar-refractivity contribution in [3.8, 4) is 0 Å². The van der Waals surface area contributed by atoms with Gasteiger partial charge in [-0.3, -0.25) is 0 Å². The van der Waals surface area contributed by atoms with E-state index < -0.39 is 0 Å². The van der Waals surface area contributed by atoms with Crippen molar-refractivity contribution in [2.45, 2.75) is 70.4 Å². The third-order valence-electron chi connectivity index (χ3n) is 4.94. The highest BCUT2D eigenvalue weighted by Gasteiger charge is 2.24. The lowest BCUT2D eigenvalue weighted by atomic mass is 9.94. The molecule has 1 aliphatic carbocycles. The summed E-state index contributed by atoms with van der Waals surface area (Å²) in [4.78, 5) is 0. The van der Waals surface area contributed by atoms with E-state index in [9.17, 15) is 0 Å². The van der Waals surface area contributed by atoms with E-state index in [1.165, 1.54) is 50.5 Å². The van der Waals surface area contributed by atoms with Crippen molar-refractivity contribution in [3.63, 3.8) is 0 Å². The highest BCUT2D eigenvalue weighted by molar-refractivity contribution is 5.35. The highest BCUT2D eigenvalue weighted by atomic mass is 16.5. The van der Waals surface area contributed by atoms with Gasteiger partial charge < -0.3 is 10.1 Å². The van der Waals surface area contributed by atoms with Crippen molar-refractivity contribution in [3.05, 3.63) is 34.9 Å². The summed E-state index contributed by atoms with van der Waals surface area (Å²) in [5.74, 6) is 0. The summed E-state index contributed by atoms with van der Waals surface area (Å²) >= 11 is 0. The van der Waals surface area contributed by atoms with Crippen molar-refractivity contribution in [2.75, 3.05) is 13.2 Å². The Morgan fingerprint density at radius 1 is 1.19 bits per heavy atom. The van der Waals surface area contributed by atoms with E-state index in [-0.39, 0.29) is 0 Å². The lowest BCUT2D eigenvalue weighted by Crippen LogP contribution is -2.44. The van der Waals surface area contributed by atoms with E-state index in [4.69, 9.17) is 4.74 Å². The van der Waals surface area contributed by atoms with E-state index in [1.807, 2.05) is 0 Å². The van der Waals surface area contributed by atoms with Gasteiger partial charge in [0, 0.05) is 12.6 Å². The molecule has 0 radical (unpaired) electrons. The molecule has 1 saturated heterocycles. The smallest absolute Gasteiger partial charge is 0.0731 e. The normalized spacial score (nSPS) is 23.0. The molecule has 1 aliphatic heterocycles. The van der Waals surface area contributed by atoms with Crippen LogP contribution in [0.2, 0.25) is 0 Å². The van der Waals surface area contributed by atoms with Gasteiger partial charge in [0.15, 0.2) is 0 Å². The maximum Gasteiger partial charge on any atom is 0.0731 e. The van der Waals surface area contributed by atoms with Gasteiger partial charge >= 0.3 is 0 Å². The quantitative estimate of drug-likeness (QED) is 0.862. The summed E-state index contributed by atoms with van der Waals surface area (Å²) in [6, 6.07) is 7.63. The molecular weight excluding hydrogens is 258 g/mol. The van der Waals surface area contributed by atoms with E-state index in [2.05, 4.69) is 30.4 Å². The number of hydrogen-bond acceptors (Lipinski definition) is 2. The molecule has 0 amide bonds. The minimum Gasteiger partial charge on any atom is -0.377 e. The van der Waals surface area contributed by atoms with Gasteiger partial charge in [-0.25, -0.2) is 0 Å². The Hall–Kier alpha value is -0.860. The third kappa shape index (κ3) is 3.87. The van der Waals surface area contributed by atoms with Crippen LogP contribution < -0.4 is 5.32 Å². The van der Waals surface area contributed by atoms with Crippen molar-refractivity contribution in [1.82, 2.24) is 5.32 Å². The zero-order chi connectivity index (χ0) is 14.5. The Labute approximate surface area is 129 Å². The second kappa shape index (κ2) is 7.42. The summed E-state index contributed by atoms with van der Waals surface area (Å²) in [5, 5.41) is 3.73. The van der Waals surface area contributed by atoms with E-state index >= 15 is 0 Å². The molecule has 0 spiro atoms. The fourth-order valence-electron chi connectivity index (χ4n) is 3.75. The van der Waals surface area contributed by atoms with Crippen LogP contribution in [0.3, 0.4) is 0 Å². The van der Waals surface area contributed by atoms with E-state index in [0.29, 0.717) is 12.1 Å². The number of rotatable bonds is 6. The zero-order valence-corrected chi connectivity index (χ0v) is 13.4. The fraction of sp³-hybridized carbons (Fsp3) is 0.684. The van der Waals surface area contributed by atoms with Crippen LogP contribution in [0.5, 0.6) is 0 Å². The molecule has 2 nitrogen and oxygen atoms in total. The zero-order valence-electron chi connectivity index (χ0n) is 13.4. The van der Waals surface area contributed by atoms with Gasteiger partial charge in [0.1, 0.15) is 0 Å². The van der Waals surface area contributed by atoms with Gasteiger partial charge in [-0.15, -0.1) is 0 Å². The Bertz CT molecular complexity index is 451. The maximum atomic E-state index is 6.04. The van der Waals surface area contributed by atoms with Gasteiger partial charge in [0.05, 0.1) is 6.10 Å². The Balaban J connectivity index is 1.67. The molecule has 2 unspecified atom stereocenters. The molecule has 1 fully saturated rings. The minimum absolute atomic E-state index is 0.401. The molecule has 2 aliphatic rings. The molecule has 2 atom stereocenters. The van der Waals surface area contributed by atoms with Crippen LogP contribution in [0.25, 0.3) is 0 Å². The second-order valence-electron chi connectivity index (χ2n) is 6.63. The molecule has 1 N–H and O–H groups in total. The standard InChI is InChI=1S/C19H29NO/c1-2-11-20-18(19-8-3-4-12-21-19)14-15-9-10-16-6-5-7-17(16)13-15/h9-10,13,18-20H,2-8,11-12,14H2,1H3. The average Bonchev–Trinajstić information content (AvgIpc) is 3.00. The Morgan fingerprint density at radius 2 is 2.10 bits per heavy atom. The van der Waals surface area contributed by atoms with Crippen LogP contribution >= 0.6 is 0 Å². The lowest BCUT2D eigenvalue weighted by molar-refractivity contribution is -0.00738. The maximum absolute atomic E-state index is 6.04. The van der Waals surface area contributed by atoms with Crippen molar-refractivity contribution < 1.29 is 4.74 Å². The highest BCUT2D eigenvalue weighted by Crippen LogP contribution is 2.25. The van der Waals surface area contributed by atoms with Gasteiger partial charge in [-0.2, -0.15) is 0 Å². The topological polar surface area (TPSA) is 21.3 Å². The SMILES string of the molecule is CCCNC(Cc1ccc2c(c1)CCC2)C1CCCCO1. The van der Waals surface area contributed by atoms with E-state index in [0.717, 1.165) is 19.6 Å². The van der Waals surface area contributed by atoms with Crippen LogP contribution in [0.15, 0.2) is 18.2 Å². The molecule has 3 rings (SSSR count). The molecule has 0 aromatic heterocycles. The van der Waals surface area contributed by atoms with Crippen LogP contribution in [0.4, 0.5) is 0 Å². The second-order valence-corrected chi connectivity index (χ2v) is 6.63. The number of hydrogen-bond donors (Lipinski definition) is 1. The summed E-state index contributed by atoms with van der Waals surface area (Å²) < 4.78 is 6.04. The third-order valence-corrected chi connectivity index (χ3v) is 4.94. The van der Waals surface area contributed by atoms with Crippen molar-refractivity contribution in [1.29, 1.82) is 0 Å². The minimum atomic E-state index is 0.401. The largest absolute Gasteiger partial charge is 0.377 e. The van der Waals surface area contributed by atoms with Crippen LogP contribution in [0, 0.1) is 0 Å². The number of nitrogens with one attached hydrogen (secondary N) is 1. The molecular formula is C19H29NO. The summed E-state index contributed by atoms with van der Waals surface area (Å²) in [5.41, 5.74) is 4.65. The first-order valence-electron chi connectivity index (χ1n) is 8.82. The predicted molar refractivity (Wildman–Crippen MR) is 87.8 cm³/mol. The van der Waals surface area contributed by atoms with Gasteiger partial charge in [-0.05, 0) is 74.6 Å². The van der Waals surface area contributed by atoms with Crippen LogP contribution in [-0.4, -0.2) is 25.3 Å². The van der Waals surface area contributed by atoms with Crippen molar-refractivity contribution >= 4 is 0 Å². The number of ether oxygens (including phenoxy) is 1. The molecule has 2 heteroatoms. The number of fused-ring (bicyclic) bond motifs is 1. The van der Waals surface area contributed by atoms with Gasteiger partial charge in [0.25, 0.3) is 0 Å². The van der Waals surface area contributed by atoms with Gasteiger partial charge in [-0.1, -0.05) is 25.1 Å². The van der Waals surface area contributed by atoms with Crippen molar-refractivity contribution in [2.24, 2.45) is 0 Å². The Kier molecular flexibility index (Phi) is 5.32. The monoisotopic (exact) mass is 287 g/mol. The molecule has 0 bridgehead atoms. The first kappa shape index (κ1) is 15.1. The molecule has 1 aromatic carbocycles. The molecule has 0 saturated carbocycles. The molecule has 21 heavy (non-hydrogen) atoms. The molecule has 1 heterocycles. The first-order valence-corrected chi connectivity index (χ1v) is 8.82. The molecule has 1 aromatic rings. The Morgan fingerprint density at radius 3 is 2.90 bits per heavy atom. The first-order chi connectivity index (χ1) is 10.4. The fourth-order valence-corrected chi connectivity index (χ4v) is 3.75. The van der Waals surface area contributed by atoms with Crippen LogP contribution in [0.1, 0.15) is 55.7 Å². The van der Waals surface area contributed by atoms with Gasteiger partial charge in [0.2, 0.25) is 0 Å². The number of benzene rings is 1. The van der Waals surface area contributed by atoms with E-state index in [1.54, 1.807) is 11.1 Å². The summed E-state index contributed by atoms with van der Waals surface area (Å²) in [6.07, 6.45) is 10.3. The summed E-state index contributed by atoms with van der Waals surface area (Å²) in [7, 11) is 0.